The number of benzene rings is 1. The first-order valence-corrected chi connectivity index (χ1v) is 12.4. The maximum absolute atomic E-state index is 12.1. The number of anilines is 1. The summed E-state index contributed by atoms with van der Waals surface area (Å²) in [7, 11) is -2.77. The van der Waals surface area contributed by atoms with Crippen LogP contribution in [0.1, 0.15) is 30.5 Å². The summed E-state index contributed by atoms with van der Waals surface area (Å²) in [5, 5.41) is 1.10. The first-order valence-electron chi connectivity index (χ1n) is 9.82. The van der Waals surface area contributed by atoms with Gasteiger partial charge in [0, 0.05) is 50.4 Å². The molecule has 29 heavy (non-hydrogen) atoms. The van der Waals surface area contributed by atoms with Gasteiger partial charge >= 0.3 is 0 Å². The molecule has 0 amide bonds. The molecule has 3 heterocycles. The standard InChI is InChI=1S/C20H26N6OS2/c1-4-29(21,27)17-12-22-20(23-13-17)26-9-7-25(8-10-26)14(2)16-5-6-19-18(11-16)24-15(3)28-19/h5-6,11-14,21H,4,7-10H2,1-3H3. The lowest BCUT2D eigenvalue weighted by molar-refractivity contribution is 0.198. The summed E-state index contributed by atoms with van der Waals surface area (Å²) in [5.41, 5.74) is 2.38. The van der Waals surface area contributed by atoms with Crippen molar-refractivity contribution in [3.8, 4) is 0 Å². The molecule has 154 valence electrons. The van der Waals surface area contributed by atoms with Crippen LogP contribution in [0, 0.1) is 11.7 Å². The number of fused-ring (bicyclic) bond motifs is 1. The van der Waals surface area contributed by atoms with Crippen molar-refractivity contribution < 1.29 is 4.21 Å². The molecule has 7 nitrogen and oxygen atoms in total. The van der Waals surface area contributed by atoms with Crippen molar-refractivity contribution in [3.05, 3.63) is 41.2 Å². The molecule has 0 bridgehead atoms. The lowest BCUT2D eigenvalue weighted by Gasteiger charge is -2.38. The third-order valence-corrected chi connectivity index (χ3v) is 8.28. The summed E-state index contributed by atoms with van der Waals surface area (Å²) in [4.78, 5) is 18.4. The van der Waals surface area contributed by atoms with Crippen LogP contribution in [0.15, 0.2) is 35.5 Å². The van der Waals surface area contributed by atoms with Crippen molar-refractivity contribution in [2.45, 2.75) is 31.7 Å². The van der Waals surface area contributed by atoms with E-state index in [-0.39, 0.29) is 5.75 Å². The molecule has 1 aliphatic heterocycles. The van der Waals surface area contributed by atoms with Crippen LogP contribution in [0.5, 0.6) is 0 Å². The van der Waals surface area contributed by atoms with E-state index in [9.17, 15) is 4.21 Å². The van der Waals surface area contributed by atoms with E-state index >= 15 is 0 Å². The summed E-state index contributed by atoms with van der Waals surface area (Å²) < 4.78 is 21.2. The van der Waals surface area contributed by atoms with Gasteiger partial charge in [-0.15, -0.1) is 11.3 Å². The second-order valence-electron chi connectivity index (χ2n) is 7.34. The highest BCUT2D eigenvalue weighted by atomic mass is 32.2. The molecule has 1 N–H and O–H groups in total. The van der Waals surface area contributed by atoms with Gasteiger partial charge in [0.25, 0.3) is 0 Å². The molecule has 0 aliphatic carbocycles. The van der Waals surface area contributed by atoms with Gasteiger partial charge in [-0.3, -0.25) is 4.90 Å². The van der Waals surface area contributed by atoms with Gasteiger partial charge < -0.3 is 4.90 Å². The van der Waals surface area contributed by atoms with E-state index in [0.29, 0.717) is 16.9 Å². The predicted molar refractivity (Wildman–Crippen MR) is 118 cm³/mol. The highest BCUT2D eigenvalue weighted by Gasteiger charge is 2.24. The topological polar surface area (TPSA) is 86.1 Å². The van der Waals surface area contributed by atoms with Crippen molar-refractivity contribution in [3.63, 3.8) is 0 Å². The number of nitrogens with one attached hydrogen (secondary N) is 1. The van der Waals surface area contributed by atoms with Crippen molar-refractivity contribution in [1.29, 1.82) is 4.78 Å². The molecule has 0 radical (unpaired) electrons. The van der Waals surface area contributed by atoms with Gasteiger partial charge in [-0.2, -0.15) is 0 Å². The van der Waals surface area contributed by atoms with Gasteiger partial charge in [0.2, 0.25) is 5.95 Å². The summed E-state index contributed by atoms with van der Waals surface area (Å²) in [6, 6.07) is 6.93. The Balaban J connectivity index is 1.41. The second-order valence-corrected chi connectivity index (χ2v) is 11.0. The monoisotopic (exact) mass is 430 g/mol. The molecule has 1 saturated heterocycles. The minimum Gasteiger partial charge on any atom is -0.338 e. The van der Waals surface area contributed by atoms with Crippen LogP contribution in [0.25, 0.3) is 10.2 Å². The largest absolute Gasteiger partial charge is 0.338 e. The van der Waals surface area contributed by atoms with E-state index < -0.39 is 9.73 Å². The van der Waals surface area contributed by atoms with E-state index in [2.05, 4.69) is 49.9 Å². The molecule has 3 aromatic rings. The number of nitrogens with zero attached hydrogens (tertiary/aromatic N) is 5. The lowest BCUT2D eigenvalue weighted by Crippen LogP contribution is -2.47. The Kier molecular flexibility index (Phi) is 5.54. The van der Waals surface area contributed by atoms with Crippen LogP contribution in [0.2, 0.25) is 0 Å². The number of hydrogen-bond donors (Lipinski definition) is 1. The van der Waals surface area contributed by atoms with Crippen LogP contribution in [-0.4, -0.2) is 56.0 Å². The van der Waals surface area contributed by atoms with Crippen LogP contribution in [0.4, 0.5) is 5.95 Å². The Morgan fingerprint density at radius 2 is 1.90 bits per heavy atom. The van der Waals surface area contributed by atoms with Gasteiger partial charge in [-0.25, -0.2) is 23.9 Å². The van der Waals surface area contributed by atoms with Gasteiger partial charge in [0.05, 0.1) is 29.8 Å². The zero-order valence-corrected chi connectivity index (χ0v) is 18.6. The molecule has 2 atom stereocenters. The molecule has 9 heteroatoms. The first kappa shape index (κ1) is 20.2. The van der Waals surface area contributed by atoms with E-state index in [4.69, 9.17) is 4.78 Å². The summed E-state index contributed by atoms with van der Waals surface area (Å²) in [5.74, 6) is 0.921. The maximum Gasteiger partial charge on any atom is 0.225 e. The van der Waals surface area contributed by atoms with E-state index in [1.165, 1.54) is 10.3 Å². The number of rotatable bonds is 5. The maximum atomic E-state index is 12.1. The molecular formula is C20H26N6OS2. The number of aromatic nitrogens is 3. The SMILES string of the molecule is CCS(=N)(=O)c1cnc(N2CCN(C(C)c3ccc4sc(C)nc4c3)CC2)nc1. The molecule has 1 aliphatic rings. The first-order chi connectivity index (χ1) is 13.9. The predicted octanol–water partition coefficient (Wildman–Crippen LogP) is 3.70. The molecule has 1 aromatic carbocycles. The number of aryl methyl sites for hydroxylation is 1. The Hall–Kier alpha value is -2.10. The average molecular weight is 431 g/mol. The Morgan fingerprint density at radius 3 is 2.55 bits per heavy atom. The third-order valence-electron chi connectivity index (χ3n) is 5.55. The fourth-order valence-electron chi connectivity index (χ4n) is 3.65. The number of piperazine rings is 1. The number of hydrogen-bond acceptors (Lipinski definition) is 8. The average Bonchev–Trinajstić information content (AvgIpc) is 3.12. The summed E-state index contributed by atoms with van der Waals surface area (Å²) in [6.45, 7) is 9.56. The lowest BCUT2D eigenvalue weighted by atomic mass is 10.1. The Bertz CT molecular complexity index is 1100. The summed E-state index contributed by atoms with van der Waals surface area (Å²) in [6.07, 6.45) is 3.09. The van der Waals surface area contributed by atoms with Gasteiger partial charge in [-0.1, -0.05) is 13.0 Å². The minimum absolute atomic E-state index is 0.276. The number of thiazole rings is 1. The van der Waals surface area contributed by atoms with E-state index in [1.807, 2.05) is 6.92 Å². The molecule has 0 spiro atoms. The molecule has 0 saturated carbocycles. The zero-order valence-electron chi connectivity index (χ0n) is 17.0. The summed E-state index contributed by atoms with van der Waals surface area (Å²) >= 11 is 1.73. The molecular weight excluding hydrogens is 404 g/mol. The van der Waals surface area contributed by atoms with Crippen LogP contribution < -0.4 is 4.90 Å². The van der Waals surface area contributed by atoms with Crippen LogP contribution in [0.3, 0.4) is 0 Å². The molecule has 4 rings (SSSR count). The molecule has 1 fully saturated rings. The zero-order chi connectivity index (χ0) is 20.6. The van der Waals surface area contributed by atoms with Gasteiger partial charge in [0.1, 0.15) is 0 Å². The minimum atomic E-state index is -2.77. The van der Waals surface area contributed by atoms with Crippen molar-refractivity contribution >= 4 is 37.2 Å². The van der Waals surface area contributed by atoms with Gasteiger partial charge in [0.15, 0.2) is 0 Å². The smallest absolute Gasteiger partial charge is 0.225 e. The normalized spacial score (nSPS) is 18.7. The van der Waals surface area contributed by atoms with Crippen molar-refractivity contribution in [2.24, 2.45) is 0 Å². The Morgan fingerprint density at radius 1 is 1.21 bits per heavy atom. The second kappa shape index (κ2) is 7.97. The molecule has 2 aromatic heterocycles. The highest BCUT2D eigenvalue weighted by Crippen LogP contribution is 2.28. The van der Waals surface area contributed by atoms with Gasteiger partial charge in [-0.05, 0) is 31.5 Å². The Labute approximate surface area is 175 Å². The fourth-order valence-corrected chi connectivity index (χ4v) is 5.24. The van der Waals surface area contributed by atoms with Crippen LogP contribution in [-0.2, 0) is 9.73 Å². The van der Waals surface area contributed by atoms with E-state index in [0.717, 1.165) is 36.7 Å². The van der Waals surface area contributed by atoms with Crippen LogP contribution >= 0.6 is 11.3 Å². The fraction of sp³-hybridized carbons (Fsp3) is 0.450. The highest BCUT2D eigenvalue weighted by molar-refractivity contribution is 7.92. The molecule has 2 unspecified atom stereocenters. The van der Waals surface area contributed by atoms with Crippen molar-refractivity contribution in [1.82, 2.24) is 19.9 Å². The van der Waals surface area contributed by atoms with Crippen molar-refractivity contribution in [2.75, 3.05) is 36.8 Å². The quantitative estimate of drug-likeness (QED) is 0.664. The third kappa shape index (κ3) is 4.12. The van der Waals surface area contributed by atoms with E-state index in [1.54, 1.807) is 30.7 Å².